The molecule has 0 radical (unpaired) electrons. The molecule has 0 aliphatic carbocycles. The van der Waals surface area contributed by atoms with E-state index in [-0.39, 0.29) is 0 Å². The van der Waals surface area contributed by atoms with Gasteiger partial charge in [0.2, 0.25) is 0 Å². The normalized spacial score (nSPS) is 18.6. The van der Waals surface area contributed by atoms with Gasteiger partial charge in [-0.3, -0.25) is 0 Å². The lowest BCUT2D eigenvalue weighted by molar-refractivity contribution is 0.129. The van der Waals surface area contributed by atoms with Gasteiger partial charge in [0, 0.05) is 12.4 Å². The summed E-state index contributed by atoms with van der Waals surface area (Å²) in [6.45, 7) is 3.74. The molecule has 0 N–H and O–H groups in total. The minimum atomic E-state index is 0.377. The van der Waals surface area contributed by atoms with Crippen LogP contribution in [0.4, 0.5) is 0 Å². The predicted octanol–water partition coefficient (Wildman–Crippen LogP) is 2.91. The van der Waals surface area contributed by atoms with Gasteiger partial charge in [-0.05, 0) is 25.3 Å². The highest BCUT2D eigenvalue weighted by molar-refractivity contribution is 7.99. The smallest absolute Gasteiger partial charge is 0.191 e. The maximum atomic E-state index is 5.66. The summed E-state index contributed by atoms with van der Waals surface area (Å²) in [5.74, 6) is 1.93. The molecule has 1 fully saturated rings. The second-order valence-corrected chi connectivity index (χ2v) is 6.03. The summed E-state index contributed by atoms with van der Waals surface area (Å²) in [6, 6.07) is 10.4. The highest BCUT2D eigenvalue weighted by Gasteiger charge is 2.18. The van der Waals surface area contributed by atoms with Crippen molar-refractivity contribution in [1.29, 1.82) is 0 Å². The van der Waals surface area contributed by atoms with Gasteiger partial charge in [0.1, 0.15) is 5.82 Å². The van der Waals surface area contributed by atoms with E-state index in [0.29, 0.717) is 6.10 Å². The lowest BCUT2D eigenvalue weighted by Crippen LogP contribution is -2.10. The summed E-state index contributed by atoms with van der Waals surface area (Å²) in [7, 11) is 0. The zero-order chi connectivity index (χ0) is 13.8. The number of aromatic nitrogens is 3. The minimum absolute atomic E-state index is 0.377. The van der Waals surface area contributed by atoms with E-state index in [9.17, 15) is 0 Å². The first-order valence-corrected chi connectivity index (χ1v) is 7.99. The molecule has 0 amide bonds. The average molecular weight is 289 g/mol. The van der Waals surface area contributed by atoms with E-state index in [1.165, 1.54) is 18.4 Å². The first kappa shape index (κ1) is 13.6. The van der Waals surface area contributed by atoms with Crippen molar-refractivity contribution < 1.29 is 4.74 Å². The molecule has 1 saturated heterocycles. The van der Waals surface area contributed by atoms with Crippen molar-refractivity contribution >= 4 is 11.8 Å². The van der Waals surface area contributed by atoms with E-state index in [1.54, 1.807) is 11.8 Å². The summed E-state index contributed by atoms with van der Waals surface area (Å²) >= 11 is 1.75. The second kappa shape index (κ2) is 6.41. The zero-order valence-corrected chi connectivity index (χ0v) is 12.5. The van der Waals surface area contributed by atoms with Crippen molar-refractivity contribution in [2.75, 3.05) is 12.4 Å². The molecule has 0 unspecified atom stereocenters. The fraction of sp³-hybridized carbons (Fsp3) is 0.467. The van der Waals surface area contributed by atoms with E-state index < -0.39 is 0 Å². The number of thioether (sulfide) groups is 1. The van der Waals surface area contributed by atoms with Crippen molar-refractivity contribution in [2.45, 2.75) is 37.6 Å². The molecule has 0 saturated carbocycles. The Labute approximate surface area is 123 Å². The standard InChI is InChI=1S/C15H19N3OS/c1-12-16-17-15(20-11-14-8-5-9-19-14)18(12)10-13-6-3-2-4-7-13/h2-4,6-7,14H,5,8-11H2,1H3/t14-/m0/s1. The number of hydrogen-bond donors (Lipinski definition) is 0. The van der Waals surface area contributed by atoms with E-state index in [4.69, 9.17) is 4.74 Å². The zero-order valence-electron chi connectivity index (χ0n) is 11.7. The van der Waals surface area contributed by atoms with Gasteiger partial charge in [-0.2, -0.15) is 0 Å². The van der Waals surface area contributed by atoms with Crippen molar-refractivity contribution in [1.82, 2.24) is 14.8 Å². The number of benzene rings is 1. The van der Waals surface area contributed by atoms with Gasteiger partial charge in [0.25, 0.3) is 0 Å². The van der Waals surface area contributed by atoms with Crippen LogP contribution in [0.5, 0.6) is 0 Å². The number of ether oxygens (including phenoxy) is 1. The Balaban J connectivity index is 1.68. The Hall–Kier alpha value is -1.33. The van der Waals surface area contributed by atoms with Crippen molar-refractivity contribution in [3.8, 4) is 0 Å². The fourth-order valence-electron chi connectivity index (χ4n) is 2.36. The number of rotatable bonds is 5. The quantitative estimate of drug-likeness (QED) is 0.794. The SMILES string of the molecule is Cc1nnc(SC[C@@H]2CCCO2)n1Cc1ccccc1. The maximum absolute atomic E-state index is 5.66. The molecule has 2 heterocycles. The molecule has 1 aliphatic rings. The highest BCUT2D eigenvalue weighted by atomic mass is 32.2. The van der Waals surface area contributed by atoms with Crippen LogP contribution in [-0.4, -0.2) is 33.2 Å². The summed E-state index contributed by atoms with van der Waals surface area (Å²) in [5.41, 5.74) is 1.27. The number of aryl methyl sites for hydroxylation is 1. The molecular weight excluding hydrogens is 270 g/mol. The van der Waals surface area contributed by atoms with Crippen LogP contribution in [0, 0.1) is 6.92 Å². The molecule has 1 aromatic carbocycles. The molecule has 1 atom stereocenters. The molecule has 3 rings (SSSR count). The minimum Gasteiger partial charge on any atom is -0.377 e. The molecule has 106 valence electrons. The van der Waals surface area contributed by atoms with E-state index >= 15 is 0 Å². The monoisotopic (exact) mass is 289 g/mol. The summed E-state index contributed by atoms with van der Waals surface area (Å²) in [5, 5.41) is 9.49. The third-order valence-corrected chi connectivity index (χ3v) is 4.61. The van der Waals surface area contributed by atoms with E-state index in [0.717, 1.165) is 29.9 Å². The molecule has 2 aromatic rings. The van der Waals surface area contributed by atoms with Crippen LogP contribution in [-0.2, 0) is 11.3 Å². The van der Waals surface area contributed by atoms with Gasteiger partial charge >= 0.3 is 0 Å². The van der Waals surface area contributed by atoms with Crippen LogP contribution in [0.1, 0.15) is 24.2 Å². The van der Waals surface area contributed by atoms with Crippen LogP contribution in [0.15, 0.2) is 35.5 Å². The molecule has 1 aliphatic heterocycles. The van der Waals surface area contributed by atoms with E-state index in [1.807, 2.05) is 13.0 Å². The molecule has 4 nitrogen and oxygen atoms in total. The van der Waals surface area contributed by atoms with Crippen molar-refractivity contribution in [3.05, 3.63) is 41.7 Å². The molecule has 20 heavy (non-hydrogen) atoms. The fourth-order valence-corrected chi connectivity index (χ4v) is 3.41. The number of nitrogens with zero attached hydrogens (tertiary/aromatic N) is 3. The van der Waals surface area contributed by atoms with Crippen molar-refractivity contribution in [3.63, 3.8) is 0 Å². The Morgan fingerprint density at radius 2 is 2.15 bits per heavy atom. The number of hydrogen-bond acceptors (Lipinski definition) is 4. The molecule has 5 heteroatoms. The molecule has 1 aromatic heterocycles. The van der Waals surface area contributed by atoms with Gasteiger partial charge in [0.05, 0.1) is 12.6 Å². The molecule has 0 bridgehead atoms. The topological polar surface area (TPSA) is 39.9 Å². The molecular formula is C15H19N3OS. The Morgan fingerprint density at radius 1 is 1.30 bits per heavy atom. The van der Waals surface area contributed by atoms with Crippen LogP contribution < -0.4 is 0 Å². The van der Waals surface area contributed by atoms with Gasteiger partial charge in [-0.15, -0.1) is 10.2 Å². The summed E-state index contributed by atoms with van der Waals surface area (Å²) < 4.78 is 7.84. The maximum Gasteiger partial charge on any atom is 0.191 e. The van der Waals surface area contributed by atoms with Gasteiger partial charge in [-0.1, -0.05) is 42.1 Å². The Morgan fingerprint density at radius 3 is 2.90 bits per heavy atom. The lowest BCUT2D eigenvalue weighted by atomic mass is 10.2. The van der Waals surface area contributed by atoms with Gasteiger partial charge in [0.15, 0.2) is 5.16 Å². The van der Waals surface area contributed by atoms with Crippen LogP contribution in [0.25, 0.3) is 0 Å². The van der Waals surface area contributed by atoms with Crippen molar-refractivity contribution in [2.24, 2.45) is 0 Å². The highest BCUT2D eigenvalue weighted by Crippen LogP contribution is 2.23. The van der Waals surface area contributed by atoms with Crippen LogP contribution in [0.3, 0.4) is 0 Å². The first-order valence-electron chi connectivity index (χ1n) is 7.01. The van der Waals surface area contributed by atoms with Gasteiger partial charge in [-0.25, -0.2) is 0 Å². The Kier molecular flexibility index (Phi) is 4.38. The first-order chi connectivity index (χ1) is 9.83. The second-order valence-electron chi connectivity index (χ2n) is 5.05. The third-order valence-electron chi connectivity index (χ3n) is 3.51. The summed E-state index contributed by atoms with van der Waals surface area (Å²) in [4.78, 5) is 0. The van der Waals surface area contributed by atoms with Crippen LogP contribution in [0.2, 0.25) is 0 Å². The average Bonchev–Trinajstić information content (AvgIpc) is 3.10. The van der Waals surface area contributed by atoms with Crippen LogP contribution >= 0.6 is 11.8 Å². The van der Waals surface area contributed by atoms with Gasteiger partial charge < -0.3 is 9.30 Å². The predicted molar refractivity (Wildman–Crippen MR) is 80.0 cm³/mol. The Bertz CT molecular complexity index is 550. The lowest BCUT2D eigenvalue weighted by Gasteiger charge is -2.10. The third kappa shape index (κ3) is 3.22. The largest absolute Gasteiger partial charge is 0.377 e. The molecule has 0 spiro atoms. The van der Waals surface area contributed by atoms with E-state index in [2.05, 4.69) is 39.0 Å². The summed E-state index contributed by atoms with van der Waals surface area (Å²) in [6.07, 6.45) is 2.72.